The highest BCUT2D eigenvalue weighted by Crippen LogP contribution is 2.50. The van der Waals surface area contributed by atoms with Crippen LogP contribution in [0.2, 0.25) is 0 Å². The Bertz CT molecular complexity index is 793. The number of allylic oxidation sites excluding steroid dienone is 1. The fourth-order valence-corrected chi connectivity index (χ4v) is 5.53. The van der Waals surface area contributed by atoms with Crippen molar-refractivity contribution in [2.45, 2.75) is 25.7 Å². The van der Waals surface area contributed by atoms with Crippen LogP contribution >= 0.6 is 11.3 Å². The summed E-state index contributed by atoms with van der Waals surface area (Å²) in [6, 6.07) is 10.6. The van der Waals surface area contributed by atoms with Gasteiger partial charge in [0.1, 0.15) is 0 Å². The molecule has 2 aliphatic carbocycles. The SMILES string of the molecule is CNCC1=C(c2cc3ccc(C#N)cc3s2)[C@H]2CCC(C1)C2. The fraction of sp³-hybridized carbons (Fsp3) is 0.421. The van der Waals surface area contributed by atoms with Gasteiger partial charge in [-0.1, -0.05) is 11.6 Å². The topological polar surface area (TPSA) is 35.8 Å². The van der Waals surface area contributed by atoms with Crippen molar-refractivity contribution < 1.29 is 0 Å². The van der Waals surface area contributed by atoms with Crippen molar-refractivity contribution in [3.05, 3.63) is 40.3 Å². The number of fused-ring (bicyclic) bond motifs is 3. The molecule has 0 amide bonds. The van der Waals surface area contributed by atoms with Gasteiger partial charge < -0.3 is 5.32 Å². The summed E-state index contributed by atoms with van der Waals surface area (Å²) in [6.45, 7) is 1.01. The van der Waals surface area contributed by atoms with E-state index < -0.39 is 0 Å². The Morgan fingerprint density at radius 3 is 3.05 bits per heavy atom. The van der Waals surface area contributed by atoms with Gasteiger partial charge >= 0.3 is 0 Å². The molecule has 3 heteroatoms. The zero-order chi connectivity index (χ0) is 15.1. The molecule has 2 nitrogen and oxygen atoms in total. The van der Waals surface area contributed by atoms with Crippen molar-refractivity contribution in [3.63, 3.8) is 0 Å². The number of benzene rings is 1. The van der Waals surface area contributed by atoms with Crippen molar-refractivity contribution in [2.75, 3.05) is 13.6 Å². The van der Waals surface area contributed by atoms with E-state index in [9.17, 15) is 0 Å². The largest absolute Gasteiger partial charge is 0.316 e. The summed E-state index contributed by atoms with van der Waals surface area (Å²) in [4.78, 5) is 1.43. The Hall–Kier alpha value is -1.63. The molecule has 0 radical (unpaired) electrons. The number of likely N-dealkylation sites (N-methyl/N-ethyl adjacent to an activating group) is 1. The van der Waals surface area contributed by atoms with E-state index in [0.29, 0.717) is 0 Å². The number of nitrogens with one attached hydrogen (secondary N) is 1. The Morgan fingerprint density at radius 1 is 1.32 bits per heavy atom. The van der Waals surface area contributed by atoms with Gasteiger partial charge in [-0.15, -0.1) is 11.3 Å². The normalized spacial score (nSPS) is 24.0. The highest BCUT2D eigenvalue weighted by molar-refractivity contribution is 7.20. The van der Waals surface area contributed by atoms with E-state index >= 15 is 0 Å². The van der Waals surface area contributed by atoms with Gasteiger partial charge in [-0.2, -0.15) is 5.26 Å². The Labute approximate surface area is 135 Å². The highest BCUT2D eigenvalue weighted by Gasteiger charge is 2.35. The van der Waals surface area contributed by atoms with Crippen LogP contribution < -0.4 is 5.32 Å². The quantitative estimate of drug-likeness (QED) is 0.902. The van der Waals surface area contributed by atoms with Gasteiger partial charge in [0.15, 0.2) is 0 Å². The summed E-state index contributed by atoms with van der Waals surface area (Å²) in [5.41, 5.74) is 3.99. The lowest BCUT2D eigenvalue weighted by Gasteiger charge is -2.26. The predicted octanol–water partition coefficient (Wildman–Crippen LogP) is 4.57. The van der Waals surface area contributed by atoms with Crippen LogP contribution in [0.5, 0.6) is 0 Å². The third kappa shape index (κ3) is 2.27. The standard InChI is InChI=1S/C19H20N2S/c1-21-11-16-7-12-2-5-15(6-12)19(16)18-9-14-4-3-13(10-20)8-17(14)22-18/h3-4,8-9,12,15,21H,2,5-7,11H2,1H3/t12?,15-/m0/s1. The number of rotatable bonds is 3. The van der Waals surface area contributed by atoms with Gasteiger partial charge in [-0.05, 0) is 73.7 Å². The van der Waals surface area contributed by atoms with E-state index in [2.05, 4.69) is 23.5 Å². The van der Waals surface area contributed by atoms with E-state index in [1.54, 1.807) is 11.1 Å². The van der Waals surface area contributed by atoms with Crippen LogP contribution in [0.3, 0.4) is 0 Å². The molecule has 1 aromatic heterocycles. The third-order valence-electron chi connectivity index (χ3n) is 5.17. The summed E-state index contributed by atoms with van der Waals surface area (Å²) in [7, 11) is 2.05. The molecular weight excluding hydrogens is 288 g/mol. The number of hydrogen-bond donors (Lipinski definition) is 1. The lowest BCUT2D eigenvalue weighted by Crippen LogP contribution is -2.18. The van der Waals surface area contributed by atoms with Gasteiger partial charge in [0.2, 0.25) is 0 Å². The first kappa shape index (κ1) is 14.0. The molecule has 0 spiro atoms. The molecule has 2 bridgehead atoms. The summed E-state index contributed by atoms with van der Waals surface area (Å²) >= 11 is 1.86. The number of thiophene rings is 1. The minimum Gasteiger partial charge on any atom is -0.316 e. The molecule has 1 saturated carbocycles. The summed E-state index contributed by atoms with van der Waals surface area (Å²) in [5.74, 6) is 1.67. The second-order valence-electron chi connectivity index (χ2n) is 6.60. The highest BCUT2D eigenvalue weighted by atomic mass is 32.1. The lowest BCUT2D eigenvalue weighted by atomic mass is 9.82. The molecule has 1 aromatic carbocycles. The molecule has 112 valence electrons. The first-order valence-corrected chi connectivity index (χ1v) is 8.90. The van der Waals surface area contributed by atoms with Gasteiger partial charge in [-0.3, -0.25) is 0 Å². The first-order valence-electron chi connectivity index (χ1n) is 8.09. The molecule has 2 atom stereocenters. The molecule has 1 heterocycles. The number of nitrogens with zero attached hydrogens (tertiary/aromatic N) is 1. The second-order valence-corrected chi connectivity index (χ2v) is 7.69. The Kier molecular flexibility index (Phi) is 3.52. The van der Waals surface area contributed by atoms with Crippen LogP contribution in [0.4, 0.5) is 0 Å². The zero-order valence-electron chi connectivity index (χ0n) is 12.9. The lowest BCUT2D eigenvalue weighted by molar-refractivity contribution is 0.503. The van der Waals surface area contributed by atoms with Crippen LogP contribution in [0.15, 0.2) is 29.8 Å². The van der Waals surface area contributed by atoms with Gasteiger partial charge in [-0.25, -0.2) is 0 Å². The maximum Gasteiger partial charge on any atom is 0.0992 e. The third-order valence-corrected chi connectivity index (χ3v) is 6.30. The minimum absolute atomic E-state index is 0.755. The molecular formula is C19H20N2S. The zero-order valence-corrected chi connectivity index (χ0v) is 13.7. The monoisotopic (exact) mass is 308 g/mol. The van der Waals surface area contributed by atoms with Gasteiger partial charge in [0.25, 0.3) is 0 Å². The molecule has 2 aliphatic rings. The molecule has 2 aromatic rings. The molecule has 0 saturated heterocycles. The van der Waals surface area contributed by atoms with Gasteiger partial charge in [0.05, 0.1) is 11.6 Å². The van der Waals surface area contributed by atoms with Crippen molar-refractivity contribution in [2.24, 2.45) is 11.8 Å². The van der Waals surface area contributed by atoms with Crippen molar-refractivity contribution in [1.29, 1.82) is 5.26 Å². The van der Waals surface area contributed by atoms with E-state index in [0.717, 1.165) is 23.9 Å². The molecule has 1 fully saturated rings. The van der Waals surface area contributed by atoms with E-state index in [-0.39, 0.29) is 0 Å². The maximum absolute atomic E-state index is 9.09. The van der Waals surface area contributed by atoms with Crippen LogP contribution in [-0.4, -0.2) is 13.6 Å². The molecule has 1 N–H and O–H groups in total. The van der Waals surface area contributed by atoms with Crippen molar-refractivity contribution in [3.8, 4) is 6.07 Å². The first-order chi connectivity index (χ1) is 10.8. The van der Waals surface area contributed by atoms with Crippen LogP contribution in [0.1, 0.15) is 36.1 Å². The Morgan fingerprint density at radius 2 is 2.23 bits per heavy atom. The molecule has 22 heavy (non-hydrogen) atoms. The maximum atomic E-state index is 9.09. The van der Waals surface area contributed by atoms with E-state index in [1.807, 2.05) is 30.5 Å². The predicted molar refractivity (Wildman–Crippen MR) is 92.8 cm³/mol. The summed E-state index contributed by atoms with van der Waals surface area (Å²) in [5, 5.41) is 13.7. The van der Waals surface area contributed by atoms with Crippen LogP contribution in [0, 0.1) is 23.2 Å². The molecule has 4 rings (SSSR count). The Balaban J connectivity index is 1.83. The van der Waals surface area contributed by atoms with E-state index in [1.165, 1.54) is 40.6 Å². The summed E-state index contributed by atoms with van der Waals surface area (Å²) < 4.78 is 1.24. The minimum atomic E-state index is 0.755. The average Bonchev–Trinajstić information content (AvgIpc) is 3.11. The van der Waals surface area contributed by atoms with Gasteiger partial charge in [0, 0.05) is 16.1 Å². The number of hydrogen-bond acceptors (Lipinski definition) is 3. The molecule has 1 unspecified atom stereocenters. The van der Waals surface area contributed by atoms with Crippen molar-refractivity contribution >= 4 is 27.0 Å². The summed E-state index contributed by atoms with van der Waals surface area (Å²) in [6.07, 6.45) is 5.39. The van der Waals surface area contributed by atoms with Crippen LogP contribution in [0.25, 0.3) is 15.7 Å². The average molecular weight is 308 g/mol. The number of nitriles is 1. The molecule has 0 aliphatic heterocycles. The smallest absolute Gasteiger partial charge is 0.0992 e. The van der Waals surface area contributed by atoms with Crippen molar-refractivity contribution in [1.82, 2.24) is 5.32 Å². The second kappa shape index (κ2) is 5.53. The van der Waals surface area contributed by atoms with E-state index in [4.69, 9.17) is 5.26 Å². The fourth-order valence-electron chi connectivity index (χ4n) is 4.26. The van der Waals surface area contributed by atoms with Crippen LogP contribution in [-0.2, 0) is 0 Å².